The second-order valence-electron chi connectivity index (χ2n) is 8.46. The van der Waals surface area contributed by atoms with Crippen molar-refractivity contribution in [1.82, 2.24) is 4.90 Å². The minimum absolute atomic E-state index is 0.0868. The number of imide groups is 1. The molecule has 5 rings (SSSR count). The summed E-state index contributed by atoms with van der Waals surface area (Å²) in [6.45, 7) is 0.259. The molecule has 0 bridgehead atoms. The van der Waals surface area contributed by atoms with Gasteiger partial charge in [-0.15, -0.1) is 0 Å². The highest BCUT2D eigenvalue weighted by molar-refractivity contribution is 6.30. The minimum atomic E-state index is -0.541. The van der Waals surface area contributed by atoms with Gasteiger partial charge in [0.25, 0.3) is 17.7 Å². The van der Waals surface area contributed by atoms with Gasteiger partial charge in [0.05, 0.1) is 23.4 Å². The average molecular weight is 520 g/mol. The molecule has 10 heteroatoms. The Morgan fingerprint density at radius 2 is 1.65 bits per heavy atom. The summed E-state index contributed by atoms with van der Waals surface area (Å²) in [7, 11) is 0. The molecule has 37 heavy (non-hydrogen) atoms. The van der Waals surface area contributed by atoms with Crippen molar-refractivity contribution >= 4 is 46.6 Å². The molecule has 0 saturated heterocycles. The van der Waals surface area contributed by atoms with E-state index in [0.717, 1.165) is 4.90 Å². The van der Waals surface area contributed by atoms with E-state index in [1.54, 1.807) is 71.6 Å². The third-order valence-electron chi connectivity index (χ3n) is 5.97. The maximum atomic E-state index is 12.7. The van der Waals surface area contributed by atoms with Crippen molar-refractivity contribution in [3.63, 3.8) is 0 Å². The fourth-order valence-corrected chi connectivity index (χ4v) is 4.32. The fourth-order valence-electron chi connectivity index (χ4n) is 4.20. The number of nitrogens with zero attached hydrogens (tertiary/aromatic N) is 2. The Morgan fingerprint density at radius 1 is 0.946 bits per heavy atom. The lowest BCUT2D eigenvalue weighted by Gasteiger charge is -2.30. The Morgan fingerprint density at radius 3 is 2.35 bits per heavy atom. The predicted octanol–water partition coefficient (Wildman–Crippen LogP) is 3.77. The van der Waals surface area contributed by atoms with E-state index in [0.29, 0.717) is 47.5 Å². The highest BCUT2D eigenvalue weighted by Crippen LogP contribution is 2.35. The number of amides is 4. The van der Waals surface area contributed by atoms with E-state index < -0.39 is 24.3 Å². The van der Waals surface area contributed by atoms with Gasteiger partial charge in [-0.1, -0.05) is 23.7 Å². The Labute approximate surface area is 217 Å². The molecule has 0 aliphatic carbocycles. The van der Waals surface area contributed by atoms with E-state index >= 15 is 0 Å². The molecule has 0 atom stereocenters. The number of rotatable bonds is 8. The summed E-state index contributed by atoms with van der Waals surface area (Å²) >= 11 is 5.89. The van der Waals surface area contributed by atoms with Crippen molar-refractivity contribution in [1.29, 1.82) is 0 Å². The summed E-state index contributed by atoms with van der Waals surface area (Å²) in [6, 6.07) is 18.4. The molecule has 2 aliphatic heterocycles. The molecule has 0 radical (unpaired) electrons. The van der Waals surface area contributed by atoms with Crippen LogP contribution < -0.4 is 19.7 Å². The number of halogens is 1. The van der Waals surface area contributed by atoms with Crippen molar-refractivity contribution < 1.29 is 28.7 Å². The highest BCUT2D eigenvalue weighted by Gasteiger charge is 2.36. The van der Waals surface area contributed by atoms with E-state index in [4.69, 9.17) is 21.1 Å². The monoisotopic (exact) mass is 519 g/mol. The molecule has 3 aromatic carbocycles. The average Bonchev–Trinajstić information content (AvgIpc) is 3.13. The first-order valence-electron chi connectivity index (χ1n) is 11.6. The van der Waals surface area contributed by atoms with E-state index in [1.807, 2.05) is 0 Å². The quantitative estimate of drug-likeness (QED) is 0.359. The van der Waals surface area contributed by atoms with E-state index in [9.17, 15) is 19.2 Å². The molecular formula is C27H22ClN3O6. The normalized spacial score (nSPS) is 14.2. The van der Waals surface area contributed by atoms with Crippen LogP contribution in [0.3, 0.4) is 0 Å². The lowest BCUT2D eigenvalue weighted by atomic mass is 10.1. The van der Waals surface area contributed by atoms with Crippen LogP contribution in [0.5, 0.6) is 11.5 Å². The van der Waals surface area contributed by atoms with Crippen LogP contribution in [0.4, 0.5) is 11.4 Å². The summed E-state index contributed by atoms with van der Waals surface area (Å²) in [5.74, 6) is -0.578. The van der Waals surface area contributed by atoms with Crippen LogP contribution in [-0.4, -0.2) is 54.8 Å². The maximum Gasteiger partial charge on any atom is 0.265 e. The van der Waals surface area contributed by atoms with Gasteiger partial charge < -0.3 is 19.7 Å². The SMILES string of the molecule is O=C(CN1C(=O)c2ccccc2C1=O)Nc1ccc2c(c1)N(CCCOc1ccc(Cl)cc1)C(=O)CO2. The number of benzene rings is 3. The van der Waals surface area contributed by atoms with Crippen LogP contribution in [0.15, 0.2) is 66.7 Å². The van der Waals surface area contributed by atoms with Crippen LogP contribution in [0.2, 0.25) is 5.02 Å². The molecule has 0 unspecified atom stereocenters. The summed E-state index contributed by atoms with van der Waals surface area (Å²) in [5.41, 5.74) is 1.48. The highest BCUT2D eigenvalue weighted by atomic mass is 35.5. The van der Waals surface area contributed by atoms with Gasteiger partial charge >= 0.3 is 0 Å². The van der Waals surface area contributed by atoms with E-state index in [-0.39, 0.29) is 23.6 Å². The van der Waals surface area contributed by atoms with Gasteiger partial charge in [0.1, 0.15) is 18.0 Å². The van der Waals surface area contributed by atoms with E-state index in [2.05, 4.69) is 5.32 Å². The summed E-state index contributed by atoms with van der Waals surface area (Å²) in [6.07, 6.45) is 0.560. The number of hydrogen-bond donors (Lipinski definition) is 1. The lowest BCUT2D eigenvalue weighted by molar-refractivity contribution is -0.121. The number of fused-ring (bicyclic) bond motifs is 2. The first-order valence-corrected chi connectivity index (χ1v) is 12.0. The zero-order chi connectivity index (χ0) is 25.9. The third-order valence-corrected chi connectivity index (χ3v) is 6.23. The van der Waals surface area contributed by atoms with Crippen LogP contribution >= 0.6 is 11.6 Å². The second-order valence-corrected chi connectivity index (χ2v) is 8.90. The van der Waals surface area contributed by atoms with Crippen molar-refractivity contribution in [2.75, 3.05) is 36.5 Å². The third kappa shape index (κ3) is 5.12. The maximum absolute atomic E-state index is 12.7. The van der Waals surface area contributed by atoms with Gasteiger partial charge in [-0.3, -0.25) is 24.1 Å². The molecule has 1 N–H and O–H groups in total. The molecule has 2 aliphatic rings. The minimum Gasteiger partial charge on any atom is -0.494 e. The summed E-state index contributed by atoms with van der Waals surface area (Å²) < 4.78 is 11.3. The molecule has 4 amide bonds. The predicted molar refractivity (Wildman–Crippen MR) is 136 cm³/mol. The van der Waals surface area contributed by atoms with Gasteiger partial charge in [-0.25, -0.2) is 0 Å². The largest absolute Gasteiger partial charge is 0.494 e. The van der Waals surface area contributed by atoms with Gasteiger partial charge in [-0.2, -0.15) is 0 Å². The van der Waals surface area contributed by atoms with Crippen molar-refractivity contribution in [3.05, 3.63) is 82.9 Å². The smallest absolute Gasteiger partial charge is 0.265 e. The van der Waals surface area contributed by atoms with Crippen molar-refractivity contribution in [3.8, 4) is 11.5 Å². The molecule has 9 nitrogen and oxygen atoms in total. The topological polar surface area (TPSA) is 105 Å². The van der Waals surface area contributed by atoms with Crippen molar-refractivity contribution in [2.45, 2.75) is 6.42 Å². The second kappa shape index (κ2) is 10.3. The lowest BCUT2D eigenvalue weighted by Crippen LogP contribution is -2.40. The molecule has 0 spiro atoms. The summed E-state index contributed by atoms with van der Waals surface area (Å²) in [5, 5.41) is 3.32. The van der Waals surface area contributed by atoms with Gasteiger partial charge in [0.15, 0.2) is 6.61 Å². The first-order chi connectivity index (χ1) is 17.9. The van der Waals surface area contributed by atoms with Gasteiger partial charge in [0, 0.05) is 17.3 Å². The standard InChI is InChI=1S/C27H22ClN3O6/c28-17-6-9-19(10-7-17)36-13-3-12-30-22-14-18(8-11-23(22)37-16-25(30)33)29-24(32)15-31-26(34)20-4-1-2-5-21(20)27(31)35/h1-2,4-11,14H,3,12-13,15-16H2,(H,29,32). The zero-order valence-electron chi connectivity index (χ0n) is 19.6. The van der Waals surface area contributed by atoms with Crippen LogP contribution in [0.1, 0.15) is 27.1 Å². The van der Waals surface area contributed by atoms with Crippen LogP contribution in [0.25, 0.3) is 0 Å². The van der Waals surface area contributed by atoms with Gasteiger partial charge in [-0.05, 0) is 61.0 Å². The van der Waals surface area contributed by atoms with Gasteiger partial charge in [0.2, 0.25) is 5.91 Å². The molecule has 0 aromatic heterocycles. The number of anilines is 2. The number of hydrogen-bond acceptors (Lipinski definition) is 6. The van der Waals surface area contributed by atoms with Crippen molar-refractivity contribution in [2.24, 2.45) is 0 Å². The summed E-state index contributed by atoms with van der Waals surface area (Å²) in [4.78, 5) is 52.9. The Hall–Kier alpha value is -4.37. The molecule has 0 fully saturated rings. The Bertz CT molecular complexity index is 1360. The Kier molecular flexibility index (Phi) is 6.78. The number of carbonyl (C=O) groups is 4. The molecule has 3 aromatic rings. The molecule has 2 heterocycles. The molecule has 188 valence electrons. The fraction of sp³-hybridized carbons (Fsp3) is 0.185. The number of carbonyl (C=O) groups excluding carboxylic acids is 4. The molecule has 0 saturated carbocycles. The number of ether oxygens (including phenoxy) is 2. The van der Waals surface area contributed by atoms with Crippen LogP contribution in [-0.2, 0) is 9.59 Å². The van der Waals surface area contributed by atoms with Crippen LogP contribution in [0, 0.1) is 0 Å². The first kappa shape index (κ1) is 24.3. The zero-order valence-corrected chi connectivity index (χ0v) is 20.4. The van der Waals surface area contributed by atoms with E-state index in [1.165, 1.54) is 0 Å². The Balaban J connectivity index is 1.22. The number of nitrogens with one attached hydrogen (secondary N) is 1. The molecular weight excluding hydrogens is 498 g/mol.